The molecule has 1 aromatic carbocycles. The molecular formula is C14H19N3O3. The summed E-state index contributed by atoms with van der Waals surface area (Å²) in [5, 5.41) is 10.9. The largest absolute Gasteiger partial charge is 0.493 e. The lowest BCUT2D eigenvalue weighted by Crippen LogP contribution is -2.06. The molecule has 6 nitrogen and oxygen atoms in total. The average Bonchev–Trinajstić information content (AvgIpc) is 2.93. The fraction of sp³-hybridized carbons (Fsp3) is 0.429. The molecule has 0 aliphatic carbocycles. The van der Waals surface area contributed by atoms with E-state index in [2.05, 4.69) is 15.5 Å². The summed E-state index contributed by atoms with van der Waals surface area (Å²) in [6.45, 7) is 2.95. The normalized spacial score (nSPS) is 10.6. The highest BCUT2D eigenvalue weighted by Crippen LogP contribution is 2.28. The molecular weight excluding hydrogens is 258 g/mol. The smallest absolute Gasteiger partial charge is 0.253 e. The van der Waals surface area contributed by atoms with Crippen molar-refractivity contribution in [1.82, 2.24) is 15.5 Å². The van der Waals surface area contributed by atoms with Gasteiger partial charge in [-0.1, -0.05) is 13.0 Å². The molecule has 0 amide bonds. The Morgan fingerprint density at radius 1 is 1.20 bits per heavy atom. The van der Waals surface area contributed by atoms with E-state index in [9.17, 15) is 0 Å². The highest BCUT2D eigenvalue weighted by atomic mass is 16.5. The van der Waals surface area contributed by atoms with Crippen molar-refractivity contribution in [3.05, 3.63) is 35.5 Å². The lowest BCUT2D eigenvalue weighted by atomic mass is 10.2. The van der Waals surface area contributed by atoms with Crippen molar-refractivity contribution in [3.63, 3.8) is 0 Å². The van der Waals surface area contributed by atoms with Crippen LogP contribution in [0.25, 0.3) is 0 Å². The second-order valence-corrected chi connectivity index (χ2v) is 4.25. The predicted molar refractivity (Wildman–Crippen MR) is 73.8 cm³/mol. The first-order valence-electron chi connectivity index (χ1n) is 6.52. The van der Waals surface area contributed by atoms with Crippen molar-refractivity contribution in [1.29, 1.82) is 0 Å². The van der Waals surface area contributed by atoms with E-state index in [0.29, 0.717) is 29.7 Å². The number of hydrogen-bond donors (Lipinski definition) is 1. The zero-order valence-corrected chi connectivity index (χ0v) is 12.0. The van der Waals surface area contributed by atoms with Crippen LogP contribution in [0.4, 0.5) is 0 Å². The van der Waals surface area contributed by atoms with Crippen LogP contribution in [0.5, 0.6) is 11.5 Å². The molecule has 0 saturated heterocycles. The molecule has 1 aromatic heterocycles. The van der Waals surface area contributed by atoms with Crippen LogP contribution in [0.2, 0.25) is 0 Å². The van der Waals surface area contributed by atoms with Crippen molar-refractivity contribution in [2.75, 3.05) is 14.2 Å². The third kappa shape index (κ3) is 3.48. The van der Waals surface area contributed by atoms with Crippen molar-refractivity contribution >= 4 is 0 Å². The summed E-state index contributed by atoms with van der Waals surface area (Å²) >= 11 is 0. The standard InChI is InChI=1S/C14H19N3O3/c1-4-13-16-17-14(20-13)9-19-12-7-10(8-15-2)5-6-11(12)18-3/h5-7,15H,4,8-9H2,1-3H3. The van der Waals surface area contributed by atoms with E-state index >= 15 is 0 Å². The number of aryl methyl sites for hydroxylation is 1. The van der Waals surface area contributed by atoms with Gasteiger partial charge in [0.15, 0.2) is 18.1 Å². The molecule has 0 bridgehead atoms. The van der Waals surface area contributed by atoms with Gasteiger partial charge in [-0.15, -0.1) is 10.2 Å². The Morgan fingerprint density at radius 2 is 2.00 bits per heavy atom. The molecule has 0 aliphatic rings. The number of nitrogens with one attached hydrogen (secondary N) is 1. The highest BCUT2D eigenvalue weighted by Gasteiger charge is 2.09. The fourth-order valence-electron chi connectivity index (χ4n) is 1.78. The molecule has 6 heteroatoms. The van der Waals surface area contributed by atoms with Gasteiger partial charge in [0, 0.05) is 13.0 Å². The van der Waals surface area contributed by atoms with Crippen molar-refractivity contribution < 1.29 is 13.9 Å². The Morgan fingerprint density at radius 3 is 2.65 bits per heavy atom. The van der Waals surface area contributed by atoms with Gasteiger partial charge in [-0.25, -0.2) is 0 Å². The number of nitrogens with zero attached hydrogens (tertiary/aromatic N) is 2. The summed E-state index contributed by atoms with van der Waals surface area (Å²) in [6.07, 6.45) is 0.716. The van der Waals surface area contributed by atoms with Gasteiger partial charge in [0.05, 0.1) is 7.11 Å². The molecule has 1 heterocycles. The van der Waals surface area contributed by atoms with Crippen LogP contribution < -0.4 is 14.8 Å². The Bertz CT molecular complexity index is 554. The SMILES string of the molecule is CCc1nnc(COc2cc(CNC)ccc2OC)o1. The Labute approximate surface area is 118 Å². The van der Waals surface area contributed by atoms with E-state index in [1.807, 2.05) is 32.2 Å². The quantitative estimate of drug-likeness (QED) is 0.834. The molecule has 1 N–H and O–H groups in total. The number of benzene rings is 1. The minimum Gasteiger partial charge on any atom is -0.493 e. The minimum atomic E-state index is 0.229. The fourth-order valence-corrected chi connectivity index (χ4v) is 1.78. The number of hydrogen-bond acceptors (Lipinski definition) is 6. The van der Waals surface area contributed by atoms with Crippen LogP contribution >= 0.6 is 0 Å². The molecule has 2 aromatic rings. The van der Waals surface area contributed by atoms with Gasteiger partial charge in [0.25, 0.3) is 5.89 Å². The zero-order valence-electron chi connectivity index (χ0n) is 12.0. The molecule has 20 heavy (non-hydrogen) atoms. The maximum absolute atomic E-state index is 5.71. The van der Waals surface area contributed by atoms with Gasteiger partial charge in [0.1, 0.15) is 0 Å². The van der Waals surface area contributed by atoms with Crippen LogP contribution in [-0.2, 0) is 19.6 Å². The molecule has 0 spiro atoms. The first-order chi connectivity index (χ1) is 9.76. The predicted octanol–water partition coefficient (Wildman–Crippen LogP) is 1.94. The summed E-state index contributed by atoms with van der Waals surface area (Å²) < 4.78 is 16.4. The second kappa shape index (κ2) is 6.91. The van der Waals surface area contributed by atoms with Crippen molar-refractivity contribution in [3.8, 4) is 11.5 Å². The second-order valence-electron chi connectivity index (χ2n) is 4.25. The summed E-state index contributed by atoms with van der Waals surface area (Å²) in [5.41, 5.74) is 1.11. The van der Waals surface area contributed by atoms with Gasteiger partial charge in [0.2, 0.25) is 5.89 Å². The summed E-state index contributed by atoms with van der Waals surface area (Å²) in [6, 6.07) is 5.81. The van der Waals surface area contributed by atoms with E-state index in [1.165, 1.54) is 0 Å². The maximum atomic E-state index is 5.71. The summed E-state index contributed by atoms with van der Waals surface area (Å²) in [5.74, 6) is 2.42. The third-order valence-electron chi connectivity index (χ3n) is 2.77. The van der Waals surface area contributed by atoms with Gasteiger partial charge in [-0.2, -0.15) is 0 Å². The molecule has 0 saturated carbocycles. The molecule has 0 atom stereocenters. The Balaban J connectivity index is 2.08. The van der Waals surface area contributed by atoms with Crippen molar-refractivity contribution in [2.24, 2.45) is 0 Å². The minimum absolute atomic E-state index is 0.229. The monoisotopic (exact) mass is 277 g/mol. The Kier molecular flexibility index (Phi) is 4.95. The number of methoxy groups -OCH3 is 1. The zero-order chi connectivity index (χ0) is 14.4. The van der Waals surface area contributed by atoms with E-state index < -0.39 is 0 Å². The van der Waals surface area contributed by atoms with E-state index in [4.69, 9.17) is 13.9 Å². The van der Waals surface area contributed by atoms with E-state index in [0.717, 1.165) is 12.1 Å². The lowest BCUT2D eigenvalue weighted by molar-refractivity contribution is 0.246. The average molecular weight is 277 g/mol. The Hall–Kier alpha value is -2.08. The topological polar surface area (TPSA) is 69.4 Å². The van der Waals surface area contributed by atoms with Gasteiger partial charge in [-0.05, 0) is 24.7 Å². The van der Waals surface area contributed by atoms with Gasteiger partial charge in [-0.3, -0.25) is 0 Å². The molecule has 0 unspecified atom stereocenters. The van der Waals surface area contributed by atoms with Crippen LogP contribution in [-0.4, -0.2) is 24.4 Å². The first kappa shape index (κ1) is 14.3. The third-order valence-corrected chi connectivity index (χ3v) is 2.77. The van der Waals surface area contributed by atoms with Crippen molar-refractivity contribution in [2.45, 2.75) is 26.5 Å². The summed E-state index contributed by atoms with van der Waals surface area (Å²) in [4.78, 5) is 0. The van der Waals surface area contributed by atoms with Crippen LogP contribution in [0.3, 0.4) is 0 Å². The first-order valence-corrected chi connectivity index (χ1v) is 6.52. The molecule has 0 aliphatic heterocycles. The summed E-state index contributed by atoms with van der Waals surface area (Å²) in [7, 11) is 3.51. The van der Waals surface area contributed by atoms with Crippen LogP contribution in [0, 0.1) is 0 Å². The molecule has 0 fully saturated rings. The highest BCUT2D eigenvalue weighted by molar-refractivity contribution is 5.42. The molecule has 2 rings (SSSR count). The van der Waals surface area contributed by atoms with Crippen LogP contribution in [0.15, 0.2) is 22.6 Å². The maximum Gasteiger partial charge on any atom is 0.253 e. The number of ether oxygens (including phenoxy) is 2. The lowest BCUT2D eigenvalue weighted by Gasteiger charge is -2.11. The van der Waals surface area contributed by atoms with Crippen LogP contribution in [0.1, 0.15) is 24.3 Å². The van der Waals surface area contributed by atoms with Gasteiger partial charge >= 0.3 is 0 Å². The van der Waals surface area contributed by atoms with Gasteiger partial charge < -0.3 is 19.2 Å². The molecule has 108 valence electrons. The van der Waals surface area contributed by atoms with E-state index in [1.54, 1.807) is 7.11 Å². The van der Waals surface area contributed by atoms with E-state index in [-0.39, 0.29) is 6.61 Å². The number of aromatic nitrogens is 2. The number of rotatable bonds is 7. The molecule has 0 radical (unpaired) electrons.